The van der Waals surface area contributed by atoms with Gasteiger partial charge in [-0.2, -0.15) is 0 Å². The first-order valence-electron chi connectivity index (χ1n) is 9.48. The van der Waals surface area contributed by atoms with Crippen LogP contribution in [0.4, 0.5) is 10.3 Å². The van der Waals surface area contributed by atoms with Gasteiger partial charge in [-0.25, -0.2) is 14.4 Å². The molecular weight excluding hydrogens is 484 g/mol. The zero-order chi connectivity index (χ0) is 19.9. The molecule has 0 spiro atoms. The van der Waals surface area contributed by atoms with Crippen LogP contribution in [0.2, 0.25) is 0 Å². The number of hydrogen-bond donors (Lipinski definition) is 1. The molecule has 1 aromatic heterocycles. The van der Waals surface area contributed by atoms with E-state index in [1.807, 2.05) is 26.2 Å². The van der Waals surface area contributed by atoms with E-state index in [4.69, 9.17) is 0 Å². The predicted octanol–water partition coefficient (Wildman–Crippen LogP) is 2.23. The van der Waals surface area contributed by atoms with Crippen molar-refractivity contribution >= 4 is 35.9 Å². The van der Waals surface area contributed by atoms with Crippen molar-refractivity contribution in [1.29, 1.82) is 0 Å². The lowest BCUT2D eigenvalue weighted by Gasteiger charge is -2.37. The Morgan fingerprint density at radius 2 is 1.86 bits per heavy atom. The fourth-order valence-electron chi connectivity index (χ4n) is 3.41. The highest BCUT2D eigenvalue weighted by Gasteiger charge is 2.22. The van der Waals surface area contributed by atoms with E-state index in [9.17, 15) is 4.39 Å². The third-order valence-electron chi connectivity index (χ3n) is 4.94. The lowest BCUT2D eigenvalue weighted by molar-refractivity contribution is 0.291. The van der Waals surface area contributed by atoms with E-state index in [-0.39, 0.29) is 35.8 Å². The fraction of sp³-hybridized carbons (Fsp3) is 0.450. The molecule has 158 valence electrons. The standard InChI is InChI=1S/C20H28FN7.HI/c1-22-19(25-15-18(26(2)3)16-6-4-7-17(21)14-16)27-10-12-28(13-11-27)20-23-8-5-9-24-20;/h4-9,14,18H,10-13,15H2,1-3H3,(H,22,25);1H. The topological polar surface area (TPSA) is 59.9 Å². The molecule has 2 heterocycles. The summed E-state index contributed by atoms with van der Waals surface area (Å²) in [7, 11) is 5.79. The van der Waals surface area contributed by atoms with Crippen molar-refractivity contribution < 1.29 is 4.39 Å². The fourth-order valence-corrected chi connectivity index (χ4v) is 3.41. The van der Waals surface area contributed by atoms with E-state index in [1.54, 1.807) is 31.6 Å². The number of benzene rings is 1. The summed E-state index contributed by atoms with van der Waals surface area (Å²) in [5.74, 6) is 1.41. The molecule has 0 amide bonds. The molecule has 0 aliphatic carbocycles. The monoisotopic (exact) mass is 513 g/mol. The van der Waals surface area contributed by atoms with Crippen LogP contribution < -0.4 is 10.2 Å². The predicted molar refractivity (Wildman–Crippen MR) is 125 cm³/mol. The van der Waals surface area contributed by atoms with Crippen molar-refractivity contribution in [2.24, 2.45) is 4.99 Å². The quantitative estimate of drug-likeness (QED) is 0.376. The Labute approximate surface area is 189 Å². The van der Waals surface area contributed by atoms with Crippen LogP contribution in [0, 0.1) is 5.82 Å². The second-order valence-corrected chi connectivity index (χ2v) is 6.99. The summed E-state index contributed by atoms with van der Waals surface area (Å²) in [5.41, 5.74) is 0.944. The molecule has 29 heavy (non-hydrogen) atoms. The van der Waals surface area contributed by atoms with E-state index in [0.717, 1.165) is 43.7 Å². The summed E-state index contributed by atoms with van der Waals surface area (Å²) in [6.45, 7) is 4.00. The van der Waals surface area contributed by atoms with Gasteiger partial charge in [0.25, 0.3) is 0 Å². The van der Waals surface area contributed by atoms with E-state index in [0.29, 0.717) is 6.54 Å². The van der Waals surface area contributed by atoms with Gasteiger partial charge in [0.05, 0.1) is 6.04 Å². The number of rotatable bonds is 5. The molecule has 1 N–H and O–H groups in total. The SMILES string of the molecule is CN=C(NCC(c1cccc(F)c1)N(C)C)N1CCN(c2ncccn2)CC1.I. The Balaban J connectivity index is 0.00000300. The average molecular weight is 513 g/mol. The highest BCUT2D eigenvalue weighted by Crippen LogP contribution is 2.18. The summed E-state index contributed by atoms with van der Waals surface area (Å²) in [6.07, 6.45) is 3.53. The van der Waals surface area contributed by atoms with Crippen LogP contribution in [0.5, 0.6) is 0 Å². The van der Waals surface area contributed by atoms with Gasteiger partial charge in [-0.15, -0.1) is 24.0 Å². The molecule has 1 atom stereocenters. The molecule has 2 aromatic rings. The molecule has 1 aliphatic heterocycles. The molecule has 0 bridgehead atoms. The largest absolute Gasteiger partial charge is 0.354 e. The Bertz CT molecular complexity index is 779. The number of guanidine groups is 1. The number of nitrogens with zero attached hydrogens (tertiary/aromatic N) is 6. The molecule has 0 radical (unpaired) electrons. The van der Waals surface area contributed by atoms with Crippen molar-refractivity contribution in [2.75, 3.05) is 58.8 Å². The Hall–Kier alpha value is -2.01. The highest BCUT2D eigenvalue weighted by atomic mass is 127. The molecule has 9 heteroatoms. The minimum Gasteiger partial charge on any atom is -0.354 e. The van der Waals surface area contributed by atoms with Gasteiger partial charge in [-0.3, -0.25) is 4.99 Å². The maximum atomic E-state index is 13.6. The molecule has 0 saturated carbocycles. The Morgan fingerprint density at radius 1 is 1.17 bits per heavy atom. The second kappa shape index (κ2) is 11.2. The number of piperazine rings is 1. The smallest absolute Gasteiger partial charge is 0.225 e. The van der Waals surface area contributed by atoms with Crippen molar-refractivity contribution in [3.63, 3.8) is 0 Å². The van der Waals surface area contributed by atoms with E-state index in [2.05, 4.69) is 35.0 Å². The molecule has 3 rings (SSSR count). The van der Waals surface area contributed by atoms with Crippen LogP contribution in [0.3, 0.4) is 0 Å². The first-order valence-corrected chi connectivity index (χ1v) is 9.48. The molecule has 7 nitrogen and oxygen atoms in total. The van der Waals surface area contributed by atoms with Crippen molar-refractivity contribution in [1.82, 2.24) is 25.1 Å². The molecular formula is C20H29FIN7. The minimum absolute atomic E-state index is 0. The van der Waals surface area contributed by atoms with Crippen molar-refractivity contribution in [3.05, 3.63) is 54.1 Å². The third kappa shape index (κ3) is 6.23. The molecule has 1 aromatic carbocycles. The number of aliphatic imine (C=N–C) groups is 1. The molecule has 1 saturated heterocycles. The van der Waals surface area contributed by atoms with Crippen LogP contribution in [0.25, 0.3) is 0 Å². The maximum Gasteiger partial charge on any atom is 0.225 e. The van der Waals surface area contributed by atoms with Crippen LogP contribution in [0.15, 0.2) is 47.7 Å². The van der Waals surface area contributed by atoms with Gasteiger partial charge in [0.2, 0.25) is 5.95 Å². The first kappa shape index (κ1) is 23.3. The number of nitrogens with one attached hydrogen (secondary N) is 1. The summed E-state index contributed by atoms with van der Waals surface area (Å²) < 4.78 is 13.6. The first-order chi connectivity index (χ1) is 13.6. The van der Waals surface area contributed by atoms with Gasteiger partial charge in [0, 0.05) is 52.2 Å². The summed E-state index contributed by atoms with van der Waals surface area (Å²) in [4.78, 5) is 19.6. The van der Waals surface area contributed by atoms with Crippen LogP contribution in [-0.2, 0) is 0 Å². The highest BCUT2D eigenvalue weighted by molar-refractivity contribution is 14.0. The zero-order valence-corrected chi connectivity index (χ0v) is 19.5. The second-order valence-electron chi connectivity index (χ2n) is 6.99. The van der Waals surface area contributed by atoms with Crippen LogP contribution in [-0.4, -0.2) is 79.6 Å². The summed E-state index contributed by atoms with van der Waals surface area (Å²) in [6, 6.07) is 8.64. The van der Waals surface area contributed by atoms with Crippen molar-refractivity contribution in [2.45, 2.75) is 6.04 Å². The summed E-state index contributed by atoms with van der Waals surface area (Å²) >= 11 is 0. The van der Waals surface area contributed by atoms with Gasteiger partial charge < -0.3 is 20.0 Å². The van der Waals surface area contributed by atoms with Gasteiger partial charge >= 0.3 is 0 Å². The van der Waals surface area contributed by atoms with E-state index < -0.39 is 0 Å². The number of hydrogen-bond acceptors (Lipinski definition) is 5. The molecule has 1 aliphatic rings. The zero-order valence-electron chi connectivity index (χ0n) is 17.1. The van der Waals surface area contributed by atoms with E-state index >= 15 is 0 Å². The minimum atomic E-state index is -0.215. The average Bonchev–Trinajstić information content (AvgIpc) is 2.72. The number of halogens is 2. The Morgan fingerprint density at radius 3 is 2.45 bits per heavy atom. The van der Waals surface area contributed by atoms with Crippen LogP contribution in [0.1, 0.15) is 11.6 Å². The van der Waals surface area contributed by atoms with E-state index in [1.165, 1.54) is 6.07 Å². The van der Waals surface area contributed by atoms with Crippen molar-refractivity contribution in [3.8, 4) is 0 Å². The molecule has 1 fully saturated rings. The number of likely N-dealkylation sites (N-methyl/N-ethyl adjacent to an activating group) is 1. The Kier molecular flexibility index (Phi) is 9.02. The van der Waals surface area contributed by atoms with Gasteiger partial charge in [-0.05, 0) is 37.9 Å². The third-order valence-corrected chi connectivity index (χ3v) is 4.94. The summed E-state index contributed by atoms with van der Waals surface area (Å²) in [5, 5.41) is 3.46. The number of aromatic nitrogens is 2. The molecule has 1 unspecified atom stereocenters. The normalized spacial score (nSPS) is 15.8. The lowest BCUT2D eigenvalue weighted by atomic mass is 10.1. The van der Waals surface area contributed by atoms with Gasteiger partial charge in [0.1, 0.15) is 5.82 Å². The maximum absolute atomic E-state index is 13.6. The number of anilines is 1. The van der Waals surface area contributed by atoms with Gasteiger partial charge in [-0.1, -0.05) is 12.1 Å². The lowest BCUT2D eigenvalue weighted by Crippen LogP contribution is -2.53. The van der Waals surface area contributed by atoms with Crippen LogP contribution >= 0.6 is 24.0 Å². The van der Waals surface area contributed by atoms with Gasteiger partial charge in [0.15, 0.2) is 5.96 Å².